The van der Waals surface area contributed by atoms with Crippen LogP contribution < -0.4 is 10.6 Å². The fourth-order valence-electron chi connectivity index (χ4n) is 2.64. The van der Waals surface area contributed by atoms with Gasteiger partial charge in [0.1, 0.15) is 0 Å². The predicted octanol–water partition coefficient (Wildman–Crippen LogP) is 2.20. The quantitative estimate of drug-likeness (QED) is 0.867. The number of fused-ring (bicyclic) bond motifs is 1. The van der Waals surface area contributed by atoms with Crippen molar-refractivity contribution in [2.45, 2.75) is 39.3 Å². The van der Waals surface area contributed by atoms with Crippen molar-refractivity contribution in [2.75, 3.05) is 18.5 Å². The van der Waals surface area contributed by atoms with E-state index in [1.807, 2.05) is 26.0 Å². The maximum absolute atomic E-state index is 12.3. The Morgan fingerprint density at radius 1 is 1.50 bits per heavy atom. The Hall–Kier alpha value is -1.55. The molecular formula is C16H24N2O2. The fraction of sp³-hybridized carbons (Fsp3) is 0.562. The number of ether oxygens (including phenoxy) is 1. The molecule has 3 unspecified atom stereocenters. The molecule has 0 bridgehead atoms. The number of carbonyl (C=O) groups is 1. The minimum absolute atomic E-state index is 0.0290. The van der Waals surface area contributed by atoms with E-state index in [0.717, 1.165) is 12.1 Å². The second-order valence-electron chi connectivity index (χ2n) is 5.41. The van der Waals surface area contributed by atoms with Gasteiger partial charge < -0.3 is 15.4 Å². The molecule has 1 amide bonds. The first-order valence-corrected chi connectivity index (χ1v) is 7.35. The molecular weight excluding hydrogens is 252 g/mol. The lowest BCUT2D eigenvalue weighted by Crippen LogP contribution is -2.45. The predicted molar refractivity (Wildman–Crippen MR) is 80.8 cm³/mol. The van der Waals surface area contributed by atoms with Crippen LogP contribution in [-0.2, 0) is 16.0 Å². The zero-order chi connectivity index (χ0) is 14.5. The van der Waals surface area contributed by atoms with Gasteiger partial charge in [-0.05, 0) is 38.8 Å². The van der Waals surface area contributed by atoms with E-state index < -0.39 is 0 Å². The van der Waals surface area contributed by atoms with E-state index in [0.29, 0.717) is 13.2 Å². The maximum atomic E-state index is 12.3. The molecule has 0 fully saturated rings. The Labute approximate surface area is 120 Å². The number of benzene rings is 1. The molecule has 0 aliphatic carbocycles. The van der Waals surface area contributed by atoms with Crippen LogP contribution in [0.1, 0.15) is 26.3 Å². The molecule has 0 radical (unpaired) electrons. The van der Waals surface area contributed by atoms with Gasteiger partial charge in [0.2, 0.25) is 5.91 Å². The molecule has 2 N–H and O–H groups in total. The van der Waals surface area contributed by atoms with Crippen molar-refractivity contribution >= 4 is 11.6 Å². The highest BCUT2D eigenvalue weighted by Gasteiger charge is 2.30. The molecule has 1 aliphatic heterocycles. The van der Waals surface area contributed by atoms with Crippen molar-refractivity contribution in [3.8, 4) is 0 Å². The number of anilines is 1. The third-order valence-corrected chi connectivity index (χ3v) is 3.80. The number of hydrogen-bond acceptors (Lipinski definition) is 3. The van der Waals surface area contributed by atoms with Crippen molar-refractivity contribution < 1.29 is 9.53 Å². The fourth-order valence-corrected chi connectivity index (χ4v) is 2.64. The highest BCUT2D eigenvalue weighted by molar-refractivity contribution is 5.81. The normalized spacial score (nSPS) is 22.6. The number of hydrogen-bond donors (Lipinski definition) is 2. The molecule has 3 atom stereocenters. The molecule has 0 spiro atoms. The molecule has 20 heavy (non-hydrogen) atoms. The van der Waals surface area contributed by atoms with E-state index in [1.54, 1.807) is 0 Å². The third kappa shape index (κ3) is 3.51. The number of amides is 1. The number of nitrogens with one attached hydrogen (secondary N) is 2. The summed E-state index contributed by atoms with van der Waals surface area (Å²) in [4.78, 5) is 12.3. The van der Waals surface area contributed by atoms with Crippen molar-refractivity contribution in [1.29, 1.82) is 0 Å². The van der Waals surface area contributed by atoms with Gasteiger partial charge >= 0.3 is 0 Å². The summed E-state index contributed by atoms with van der Waals surface area (Å²) in [7, 11) is 0. The largest absolute Gasteiger partial charge is 0.382 e. The minimum atomic E-state index is -0.0290. The van der Waals surface area contributed by atoms with Crippen LogP contribution in [0.2, 0.25) is 0 Å². The lowest BCUT2D eigenvalue weighted by molar-refractivity contribution is -0.126. The summed E-state index contributed by atoms with van der Waals surface area (Å²) in [5, 5.41) is 6.41. The van der Waals surface area contributed by atoms with Crippen LogP contribution in [0.15, 0.2) is 24.3 Å². The average Bonchev–Trinajstić information content (AvgIpc) is 2.44. The zero-order valence-electron chi connectivity index (χ0n) is 12.5. The summed E-state index contributed by atoms with van der Waals surface area (Å²) in [6.07, 6.45) is 0.849. The van der Waals surface area contributed by atoms with Crippen molar-refractivity contribution in [3.05, 3.63) is 29.8 Å². The van der Waals surface area contributed by atoms with Crippen LogP contribution in [0, 0.1) is 5.92 Å². The molecule has 110 valence electrons. The van der Waals surface area contributed by atoms with Crippen LogP contribution in [0.25, 0.3) is 0 Å². The number of para-hydroxylation sites is 1. The van der Waals surface area contributed by atoms with Crippen molar-refractivity contribution in [2.24, 2.45) is 5.92 Å². The maximum Gasteiger partial charge on any atom is 0.225 e. The van der Waals surface area contributed by atoms with Gasteiger partial charge in [-0.2, -0.15) is 0 Å². The van der Waals surface area contributed by atoms with Gasteiger partial charge in [0, 0.05) is 24.9 Å². The van der Waals surface area contributed by atoms with Gasteiger partial charge in [-0.15, -0.1) is 0 Å². The standard InChI is InChI=1S/C16H24N2O2/c1-4-20-11(2)10-17-16(19)14-9-13-7-5-6-8-15(13)18-12(14)3/h5-8,11-12,14,18H,4,9-10H2,1-3H3,(H,17,19). The second-order valence-corrected chi connectivity index (χ2v) is 5.41. The van der Waals surface area contributed by atoms with E-state index in [9.17, 15) is 4.79 Å². The summed E-state index contributed by atoms with van der Waals surface area (Å²) in [5.74, 6) is 0.0739. The van der Waals surface area contributed by atoms with Crippen LogP contribution in [0.5, 0.6) is 0 Å². The molecule has 0 saturated carbocycles. The van der Waals surface area contributed by atoms with E-state index in [2.05, 4.69) is 29.7 Å². The Morgan fingerprint density at radius 3 is 3.00 bits per heavy atom. The molecule has 1 aromatic carbocycles. The molecule has 4 nitrogen and oxygen atoms in total. The summed E-state index contributed by atoms with van der Waals surface area (Å²) >= 11 is 0. The summed E-state index contributed by atoms with van der Waals surface area (Å²) in [5.41, 5.74) is 2.36. The molecule has 4 heteroatoms. The smallest absolute Gasteiger partial charge is 0.225 e. The Bertz CT molecular complexity index is 462. The SMILES string of the molecule is CCOC(C)CNC(=O)C1Cc2ccccc2NC1C. The summed E-state index contributed by atoms with van der Waals surface area (Å²) in [6, 6.07) is 8.33. The molecule has 1 aromatic rings. The van der Waals surface area contributed by atoms with Crippen LogP contribution >= 0.6 is 0 Å². The highest BCUT2D eigenvalue weighted by atomic mass is 16.5. The van der Waals surface area contributed by atoms with Gasteiger partial charge in [0.25, 0.3) is 0 Å². The lowest BCUT2D eigenvalue weighted by atomic mass is 9.87. The van der Waals surface area contributed by atoms with Gasteiger partial charge in [-0.3, -0.25) is 4.79 Å². The Morgan fingerprint density at radius 2 is 2.25 bits per heavy atom. The highest BCUT2D eigenvalue weighted by Crippen LogP contribution is 2.28. The third-order valence-electron chi connectivity index (χ3n) is 3.80. The summed E-state index contributed by atoms with van der Waals surface area (Å²) < 4.78 is 5.43. The van der Waals surface area contributed by atoms with E-state index in [4.69, 9.17) is 4.74 Å². The van der Waals surface area contributed by atoms with Gasteiger partial charge in [0.15, 0.2) is 0 Å². The Balaban J connectivity index is 1.94. The monoisotopic (exact) mass is 276 g/mol. The Kier molecular flexibility index (Phi) is 5.01. The summed E-state index contributed by atoms with van der Waals surface area (Å²) in [6.45, 7) is 7.24. The average molecular weight is 276 g/mol. The lowest BCUT2D eigenvalue weighted by Gasteiger charge is -2.31. The minimum Gasteiger partial charge on any atom is -0.382 e. The van der Waals surface area contributed by atoms with E-state index in [1.165, 1.54) is 5.56 Å². The van der Waals surface area contributed by atoms with Crippen LogP contribution in [-0.4, -0.2) is 31.2 Å². The zero-order valence-corrected chi connectivity index (χ0v) is 12.5. The van der Waals surface area contributed by atoms with Gasteiger partial charge in [0.05, 0.1) is 12.0 Å². The first kappa shape index (κ1) is 14.9. The van der Waals surface area contributed by atoms with Crippen LogP contribution in [0.4, 0.5) is 5.69 Å². The van der Waals surface area contributed by atoms with E-state index >= 15 is 0 Å². The second kappa shape index (κ2) is 6.75. The topological polar surface area (TPSA) is 50.4 Å². The molecule has 0 aromatic heterocycles. The molecule has 0 saturated heterocycles. The van der Waals surface area contributed by atoms with Gasteiger partial charge in [-0.25, -0.2) is 0 Å². The van der Waals surface area contributed by atoms with Gasteiger partial charge in [-0.1, -0.05) is 18.2 Å². The molecule has 1 aliphatic rings. The molecule has 2 rings (SSSR count). The number of rotatable bonds is 5. The first-order valence-electron chi connectivity index (χ1n) is 7.35. The van der Waals surface area contributed by atoms with E-state index in [-0.39, 0.29) is 24.0 Å². The molecule has 1 heterocycles. The van der Waals surface area contributed by atoms with Crippen molar-refractivity contribution in [3.63, 3.8) is 0 Å². The van der Waals surface area contributed by atoms with Crippen LogP contribution in [0.3, 0.4) is 0 Å². The van der Waals surface area contributed by atoms with Crippen molar-refractivity contribution in [1.82, 2.24) is 5.32 Å². The first-order chi connectivity index (χ1) is 9.61. The number of carbonyl (C=O) groups excluding carboxylic acids is 1.